The van der Waals surface area contributed by atoms with Crippen LogP contribution in [-0.2, 0) is 4.79 Å². The van der Waals surface area contributed by atoms with E-state index >= 15 is 0 Å². The van der Waals surface area contributed by atoms with Crippen molar-refractivity contribution >= 4 is 11.7 Å². The molecule has 0 radical (unpaired) electrons. The van der Waals surface area contributed by atoms with Gasteiger partial charge in [0.05, 0.1) is 12.2 Å². The number of carboxylic acids is 1. The summed E-state index contributed by atoms with van der Waals surface area (Å²) < 4.78 is 5.31. The molecule has 0 saturated carbocycles. The molecule has 1 aliphatic heterocycles. The van der Waals surface area contributed by atoms with Gasteiger partial charge in [-0.15, -0.1) is 0 Å². The molecule has 1 aromatic rings. The molecular formula is C10H11NO3. The van der Waals surface area contributed by atoms with Crippen LogP contribution in [0.1, 0.15) is 5.56 Å². The molecule has 4 heteroatoms. The van der Waals surface area contributed by atoms with Crippen molar-refractivity contribution in [1.29, 1.82) is 0 Å². The van der Waals surface area contributed by atoms with Crippen molar-refractivity contribution in [2.75, 3.05) is 11.9 Å². The molecule has 74 valence electrons. The van der Waals surface area contributed by atoms with E-state index in [0.29, 0.717) is 12.3 Å². The van der Waals surface area contributed by atoms with Gasteiger partial charge in [-0.3, -0.25) is 0 Å². The summed E-state index contributed by atoms with van der Waals surface area (Å²) >= 11 is 0. The number of aliphatic carboxylic acids is 1. The number of hydrogen-bond acceptors (Lipinski definition) is 3. The summed E-state index contributed by atoms with van der Waals surface area (Å²) in [4.78, 5) is 10.7. The Kier molecular flexibility index (Phi) is 2.04. The third-order valence-corrected chi connectivity index (χ3v) is 2.16. The number of ether oxygens (including phenoxy) is 1. The van der Waals surface area contributed by atoms with Crippen molar-refractivity contribution < 1.29 is 14.6 Å². The van der Waals surface area contributed by atoms with Gasteiger partial charge in [-0.2, -0.15) is 0 Å². The average Bonchev–Trinajstić information content (AvgIpc) is 2.16. The van der Waals surface area contributed by atoms with Gasteiger partial charge in [-0.1, -0.05) is 6.07 Å². The van der Waals surface area contributed by atoms with E-state index in [9.17, 15) is 4.79 Å². The molecule has 1 heterocycles. The maximum atomic E-state index is 10.7. The third kappa shape index (κ3) is 1.51. The Morgan fingerprint density at radius 2 is 2.43 bits per heavy atom. The molecule has 0 aromatic heterocycles. The second-order valence-corrected chi connectivity index (χ2v) is 3.33. The van der Waals surface area contributed by atoms with E-state index in [4.69, 9.17) is 9.84 Å². The molecule has 0 bridgehead atoms. The van der Waals surface area contributed by atoms with Gasteiger partial charge in [-0.25, -0.2) is 4.79 Å². The molecular weight excluding hydrogens is 182 g/mol. The van der Waals surface area contributed by atoms with E-state index in [0.717, 1.165) is 11.3 Å². The molecule has 2 rings (SSSR count). The van der Waals surface area contributed by atoms with Crippen molar-refractivity contribution in [3.63, 3.8) is 0 Å². The molecule has 0 saturated heterocycles. The maximum absolute atomic E-state index is 10.7. The lowest BCUT2D eigenvalue weighted by Gasteiger charge is -2.24. The van der Waals surface area contributed by atoms with Gasteiger partial charge in [0, 0.05) is 0 Å². The number of fused-ring (bicyclic) bond motifs is 1. The number of nitrogens with one attached hydrogen (secondary N) is 1. The van der Waals surface area contributed by atoms with Gasteiger partial charge in [-0.05, 0) is 24.6 Å². The summed E-state index contributed by atoms with van der Waals surface area (Å²) in [5, 5.41) is 11.8. The Morgan fingerprint density at radius 3 is 3.14 bits per heavy atom. The fourth-order valence-electron chi connectivity index (χ4n) is 1.41. The average molecular weight is 193 g/mol. The van der Waals surface area contributed by atoms with Gasteiger partial charge in [0.1, 0.15) is 5.75 Å². The van der Waals surface area contributed by atoms with Crippen LogP contribution in [0.25, 0.3) is 0 Å². The lowest BCUT2D eigenvalue weighted by atomic mass is 10.1. The fourth-order valence-corrected chi connectivity index (χ4v) is 1.41. The van der Waals surface area contributed by atoms with Crippen LogP contribution >= 0.6 is 0 Å². The van der Waals surface area contributed by atoms with Crippen LogP contribution in [0.3, 0.4) is 0 Å². The Bertz CT molecular complexity index is 376. The van der Waals surface area contributed by atoms with Gasteiger partial charge in [0.25, 0.3) is 0 Å². The van der Waals surface area contributed by atoms with Gasteiger partial charge in [0.15, 0.2) is 0 Å². The van der Waals surface area contributed by atoms with Crippen molar-refractivity contribution in [2.24, 2.45) is 0 Å². The minimum atomic E-state index is -0.940. The molecule has 0 spiro atoms. The summed E-state index contributed by atoms with van der Waals surface area (Å²) in [5.41, 5.74) is 1.91. The highest BCUT2D eigenvalue weighted by molar-refractivity contribution is 5.75. The lowest BCUT2D eigenvalue weighted by molar-refractivity contribution is -0.144. The van der Waals surface area contributed by atoms with Crippen molar-refractivity contribution in [2.45, 2.75) is 13.0 Å². The first-order valence-corrected chi connectivity index (χ1v) is 4.41. The summed E-state index contributed by atoms with van der Waals surface area (Å²) in [5.74, 6) is -0.326. The molecule has 2 N–H and O–H groups in total. The minimum absolute atomic E-state index is 0.311. The number of rotatable bonds is 1. The van der Waals surface area contributed by atoms with E-state index in [1.807, 2.05) is 25.1 Å². The SMILES string of the molecule is Cc1ccc2c(c1)O[C@H](C(=O)O)CN2. The molecule has 14 heavy (non-hydrogen) atoms. The summed E-state index contributed by atoms with van der Waals surface area (Å²) in [6, 6.07) is 5.68. The molecule has 4 nitrogen and oxygen atoms in total. The smallest absolute Gasteiger partial charge is 0.346 e. The molecule has 1 aromatic carbocycles. The molecule has 0 fully saturated rings. The largest absolute Gasteiger partial charge is 0.478 e. The number of anilines is 1. The van der Waals surface area contributed by atoms with Crippen molar-refractivity contribution in [3.05, 3.63) is 23.8 Å². The van der Waals surface area contributed by atoms with Crippen LogP contribution in [0.2, 0.25) is 0 Å². The highest BCUT2D eigenvalue weighted by atomic mass is 16.5. The van der Waals surface area contributed by atoms with Crippen LogP contribution in [0.4, 0.5) is 5.69 Å². The van der Waals surface area contributed by atoms with Crippen LogP contribution in [0, 0.1) is 6.92 Å². The second kappa shape index (κ2) is 3.21. The van der Waals surface area contributed by atoms with Crippen LogP contribution in [0.5, 0.6) is 5.75 Å². The number of aryl methyl sites for hydroxylation is 1. The zero-order chi connectivity index (χ0) is 10.1. The summed E-state index contributed by atoms with van der Waals surface area (Å²) in [6.45, 7) is 2.25. The Labute approximate surface area is 81.5 Å². The van der Waals surface area contributed by atoms with Gasteiger partial charge >= 0.3 is 5.97 Å². The van der Waals surface area contributed by atoms with Crippen LogP contribution in [-0.4, -0.2) is 23.7 Å². The first-order valence-electron chi connectivity index (χ1n) is 4.41. The van der Waals surface area contributed by atoms with E-state index < -0.39 is 12.1 Å². The van der Waals surface area contributed by atoms with Crippen molar-refractivity contribution in [1.82, 2.24) is 0 Å². The first-order chi connectivity index (χ1) is 6.66. The highest BCUT2D eigenvalue weighted by Crippen LogP contribution is 2.29. The molecule has 0 unspecified atom stereocenters. The standard InChI is InChI=1S/C10H11NO3/c1-6-2-3-7-8(4-6)14-9(5-11-7)10(12)13/h2-4,9,11H,5H2,1H3,(H,12,13)/t9-/m0/s1. The topological polar surface area (TPSA) is 58.6 Å². The van der Waals surface area contributed by atoms with E-state index in [1.165, 1.54) is 0 Å². The van der Waals surface area contributed by atoms with Crippen LogP contribution in [0.15, 0.2) is 18.2 Å². The number of carbonyl (C=O) groups is 1. The Hall–Kier alpha value is -1.71. The summed E-state index contributed by atoms with van der Waals surface area (Å²) in [7, 11) is 0. The van der Waals surface area contributed by atoms with E-state index in [1.54, 1.807) is 0 Å². The molecule has 0 amide bonds. The zero-order valence-corrected chi connectivity index (χ0v) is 7.78. The quantitative estimate of drug-likeness (QED) is 0.704. The van der Waals surface area contributed by atoms with Crippen LogP contribution < -0.4 is 10.1 Å². The minimum Gasteiger partial charge on any atom is -0.478 e. The molecule has 1 aliphatic rings. The zero-order valence-electron chi connectivity index (χ0n) is 7.78. The fraction of sp³-hybridized carbons (Fsp3) is 0.300. The highest BCUT2D eigenvalue weighted by Gasteiger charge is 2.24. The third-order valence-electron chi connectivity index (χ3n) is 2.16. The number of carboxylic acid groups (broad SMARTS) is 1. The Balaban J connectivity index is 2.29. The predicted octanol–water partition coefficient (Wildman–Crippen LogP) is 1.25. The predicted molar refractivity (Wildman–Crippen MR) is 51.7 cm³/mol. The van der Waals surface area contributed by atoms with Gasteiger partial charge in [0.2, 0.25) is 6.10 Å². The second-order valence-electron chi connectivity index (χ2n) is 3.33. The molecule has 1 atom stereocenters. The number of hydrogen-bond donors (Lipinski definition) is 2. The first kappa shape index (κ1) is 8.87. The van der Waals surface area contributed by atoms with Gasteiger partial charge < -0.3 is 15.2 Å². The number of benzene rings is 1. The Morgan fingerprint density at radius 1 is 1.64 bits per heavy atom. The maximum Gasteiger partial charge on any atom is 0.346 e. The van der Waals surface area contributed by atoms with E-state index in [2.05, 4.69) is 5.32 Å². The normalized spacial score (nSPS) is 19.1. The van der Waals surface area contributed by atoms with Crippen molar-refractivity contribution in [3.8, 4) is 5.75 Å². The van der Waals surface area contributed by atoms with E-state index in [-0.39, 0.29) is 0 Å². The lowest BCUT2D eigenvalue weighted by Crippen LogP contribution is -2.37. The summed E-state index contributed by atoms with van der Waals surface area (Å²) in [6.07, 6.45) is -0.788. The monoisotopic (exact) mass is 193 g/mol. The molecule has 0 aliphatic carbocycles.